The van der Waals surface area contributed by atoms with E-state index in [4.69, 9.17) is 67.8 Å². The number of fused-ring (bicyclic) bond motifs is 5. The third-order valence-electron chi connectivity index (χ3n) is 14.9. The standard InChI is InChI=1S/C14H8BO6.C12H8BO4.C7H5N2.2C7H8O4S.C6F18P.C4BN4.C4BO8/c16-13-9-5-1-3-7-11(9)18-15(20-13)19-12-8-4-2-6-10(12)14(17)21-15;1-2-6-10-9(5-1)14-13(15-10)16-11-7-3-4-8-12(11)17-13;1-2-4-7-6(3-1)8-5-9-7;2*1-11-6-4-2-3-5-7(6)12(8,9)10;7-1(8,9)4(16,17)25(22,23,24,5(18,19)2(10,11)12)6(20,21)3(13,14)15;6-1-5(2-7,3-8)4-9;6-1-2(7)11-5(10-1)12-3(8)4(9)13-5/h1-8H;1-8H;1-5H;2*2-5H,1H3,(H,8,9,10);;;/q3*-1;;;3*-1/p-2. The van der Waals surface area contributed by atoms with E-state index in [1.165, 1.54) is 74.5 Å². The van der Waals surface area contributed by atoms with Gasteiger partial charge < -0.3 is 84.4 Å². The van der Waals surface area contributed by atoms with Gasteiger partial charge in [0.2, 0.25) is 0 Å². The van der Waals surface area contributed by atoms with Gasteiger partial charge in [-0.1, -0.05) is 103 Å². The molecule has 0 bridgehead atoms. The van der Waals surface area contributed by atoms with Crippen molar-refractivity contribution >= 4 is 101 Å². The first-order valence-corrected chi connectivity index (χ1v) is 35.9. The summed E-state index contributed by atoms with van der Waals surface area (Å²) in [5, 5.41) is 32.3. The minimum absolute atomic E-state index is 0.0764. The smallest absolute Gasteiger partial charge is 0.610 e. The summed E-state index contributed by atoms with van der Waals surface area (Å²) >= 11 is 0. The third-order valence-corrected chi connectivity index (χ3v) is 21.0. The number of aromatic nitrogens is 2. The molecule has 0 unspecified atom stereocenters. The van der Waals surface area contributed by atoms with Gasteiger partial charge in [-0.25, -0.2) is 57.1 Å². The number of para-hydroxylation sites is 10. The van der Waals surface area contributed by atoms with Gasteiger partial charge in [-0.2, -0.15) is 0 Å². The van der Waals surface area contributed by atoms with Crippen molar-refractivity contribution in [2.75, 3.05) is 14.2 Å². The van der Waals surface area contributed by atoms with Crippen LogP contribution in [0.5, 0.6) is 46.0 Å². The molecule has 628 valence electrons. The molecule has 6 aliphatic heterocycles. The molecule has 14 rings (SSSR count). The van der Waals surface area contributed by atoms with Crippen LogP contribution in [0.4, 0.5) is 78.4 Å². The Morgan fingerprint density at radius 2 is 0.627 bits per heavy atom. The molecule has 0 saturated carbocycles. The zero-order valence-electron chi connectivity index (χ0n) is 57.4. The van der Waals surface area contributed by atoms with Crippen LogP contribution in [-0.2, 0) is 67.3 Å². The molecule has 0 atom stereocenters. The van der Waals surface area contributed by atoms with E-state index in [2.05, 4.69) is 28.6 Å². The third kappa shape index (κ3) is 17.5. The van der Waals surface area contributed by atoms with E-state index in [0.717, 1.165) is 11.0 Å². The van der Waals surface area contributed by atoms with Gasteiger partial charge in [-0.15, -0.1) is 23.9 Å². The zero-order chi connectivity index (χ0) is 88.6. The van der Waals surface area contributed by atoms with Crippen LogP contribution in [0.25, 0.3) is 11.0 Å². The first-order valence-electron chi connectivity index (χ1n) is 30.7. The minimum atomic E-state index is -15.0. The molecule has 2 fully saturated rings. The Morgan fingerprint density at radius 3 is 0.898 bits per heavy atom. The Morgan fingerprint density at radius 1 is 0.381 bits per heavy atom. The van der Waals surface area contributed by atoms with E-state index < -0.39 is 125 Å². The molecule has 0 aliphatic carbocycles. The first-order chi connectivity index (χ1) is 54.4. The van der Waals surface area contributed by atoms with Crippen molar-refractivity contribution in [1.29, 1.82) is 21.0 Å². The maximum atomic E-state index is 13.4. The number of benzene rings is 7. The predicted molar refractivity (Wildman–Crippen MR) is 350 cm³/mol. The molecular weight excluding hydrogens is 1710 g/mol. The van der Waals surface area contributed by atoms with Gasteiger partial charge in [0.1, 0.15) is 54.7 Å². The van der Waals surface area contributed by atoms with Crippen molar-refractivity contribution in [1.82, 2.24) is 9.97 Å². The molecule has 7 aromatic carbocycles. The van der Waals surface area contributed by atoms with Gasteiger partial charge in [0.25, 0.3) is 0 Å². The largest absolute Gasteiger partial charge is 0.786 e. The number of carbonyl (C=O) groups is 6. The summed E-state index contributed by atoms with van der Waals surface area (Å²) < 4.78 is 356. The molecule has 0 amide bonds. The number of carbonyl (C=O) groups excluding carboxylic acids is 6. The van der Waals surface area contributed by atoms with Crippen molar-refractivity contribution in [3.8, 4) is 69.9 Å². The van der Waals surface area contributed by atoms with Gasteiger partial charge in [-0.05, 0) is 83.8 Å². The molecule has 3 spiro atoms. The summed E-state index contributed by atoms with van der Waals surface area (Å²) in [6.07, 6.45) is -27.3. The number of hydrogen-bond acceptors (Lipinski definition) is 31. The Bertz CT molecular complexity index is 5200. The van der Waals surface area contributed by atoms with E-state index >= 15 is 0 Å². The molecule has 32 nitrogen and oxygen atoms in total. The molecule has 8 aromatic rings. The van der Waals surface area contributed by atoms with Gasteiger partial charge in [0.05, 0.1) is 46.6 Å². The number of nitriles is 4. The number of methoxy groups -OCH3 is 2. The SMILES string of the molecule is COc1ccccc1S(=O)(=O)[O-].COc1ccccc1S(=O)(=O)[O-].FC(F)(F)C(F)(F)[P-](F)(F)(F)(C(F)(F)C(F)(F)F)C(F)(F)C(F)(F)F.N#C[B-](C#N)(C#N)C#N.O=C1O[B-]2(OC(=O)c3ccccc3O2)Oc2ccccc21.O=C1O[B-]2(OC1=O)OC(=O)C(=O)O2.c1ccc2[n-]cnc2c1.c1ccc2c(c1)O[B-]1(O2)Oc2ccccc2O1. The molecule has 0 radical (unpaired) electrons. The topological polar surface area (TPSA) is 468 Å². The van der Waals surface area contributed by atoms with Crippen molar-refractivity contribution in [2.45, 2.75) is 45.3 Å². The monoisotopic (exact) mass is 1750 g/mol. The van der Waals surface area contributed by atoms with Crippen LogP contribution in [0, 0.1) is 44.9 Å². The van der Waals surface area contributed by atoms with Gasteiger partial charge >= 0.3 is 184 Å². The zero-order valence-corrected chi connectivity index (χ0v) is 59.9. The van der Waals surface area contributed by atoms with Crippen molar-refractivity contribution in [2.24, 2.45) is 0 Å². The predicted octanol–water partition coefficient (Wildman–Crippen LogP) is 11.2. The van der Waals surface area contributed by atoms with E-state index in [1.54, 1.807) is 67.0 Å². The fraction of sp³-hybridized carbons (Fsp3) is 0.131. The second-order valence-corrected chi connectivity index (χ2v) is 29.6. The van der Waals surface area contributed by atoms with Crippen LogP contribution in [-0.4, -0.2) is 143 Å². The van der Waals surface area contributed by atoms with Crippen LogP contribution in [0.1, 0.15) is 20.7 Å². The number of hydrogen-bond donors (Lipinski definition) is 0. The van der Waals surface area contributed by atoms with E-state index in [-0.39, 0.29) is 43.9 Å². The van der Waals surface area contributed by atoms with E-state index in [9.17, 15) is 133 Å². The molecule has 2 saturated heterocycles. The van der Waals surface area contributed by atoms with Gasteiger partial charge in [0.15, 0.2) is 0 Å². The number of ether oxygens (including phenoxy) is 2. The normalized spacial score (nSPS) is 16.1. The van der Waals surface area contributed by atoms with Crippen LogP contribution >= 0.6 is 6.88 Å². The average molecular weight is 1750 g/mol. The van der Waals surface area contributed by atoms with Crippen LogP contribution in [0.15, 0.2) is 186 Å². The maximum absolute atomic E-state index is 15.0. The fourth-order valence-corrected chi connectivity index (χ4v) is 13.2. The molecule has 6 aliphatic rings. The van der Waals surface area contributed by atoms with E-state index in [1.807, 2.05) is 72.8 Å². The van der Waals surface area contributed by atoms with Crippen LogP contribution in [0.2, 0.25) is 0 Å². The average Bonchev–Trinajstić information content (AvgIpc) is 0.723. The fourth-order valence-electron chi connectivity index (χ4n) is 9.24. The summed E-state index contributed by atoms with van der Waals surface area (Å²) in [7, 11) is -6.22. The van der Waals surface area contributed by atoms with Crippen molar-refractivity contribution in [3.63, 3.8) is 0 Å². The molecule has 118 heavy (non-hydrogen) atoms. The Kier molecular flexibility index (Phi) is 25.3. The van der Waals surface area contributed by atoms with Crippen molar-refractivity contribution in [3.05, 3.63) is 187 Å². The van der Waals surface area contributed by atoms with Crippen LogP contribution in [0.3, 0.4) is 0 Å². The minimum Gasteiger partial charge on any atom is -0.610 e. The van der Waals surface area contributed by atoms with Gasteiger partial charge in [0, 0.05) is 0 Å². The number of halogens is 18. The second-order valence-electron chi connectivity index (χ2n) is 22.6. The van der Waals surface area contributed by atoms with Crippen LogP contribution < -0.4 is 42.4 Å². The maximum Gasteiger partial charge on any atom is 0.786 e. The number of rotatable bonds is 7. The number of alkyl halides is 15. The van der Waals surface area contributed by atoms with Gasteiger partial charge in [-0.3, -0.25) is 9.59 Å². The number of nitrogens with zero attached hydrogens (tertiary/aromatic N) is 6. The molecule has 1 aromatic heterocycles. The summed E-state index contributed by atoms with van der Waals surface area (Å²) in [5.41, 5.74) is -26.8. The molecule has 57 heteroatoms. The number of imidazole rings is 1. The van der Waals surface area contributed by atoms with E-state index in [0.29, 0.717) is 23.0 Å². The first kappa shape index (κ1) is 91.6. The molecule has 7 heterocycles. The second kappa shape index (κ2) is 32.6. The van der Waals surface area contributed by atoms with Crippen molar-refractivity contribution < 1.29 is 198 Å². The Labute approximate surface area is 644 Å². The quantitative estimate of drug-likeness (QED) is 0.0470. The summed E-state index contributed by atoms with van der Waals surface area (Å²) in [6, 6.07) is 47.0. The molecule has 0 N–H and O–H groups in total. The summed E-state index contributed by atoms with van der Waals surface area (Å²) in [6.45, 7) is -23.5. The Balaban J connectivity index is 0.000000190. The summed E-state index contributed by atoms with van der Waals surface area (Å²) in [5.74, 6) is 1.77. The summed E-state index contributed by atoms with van der Waals surface area (Å²) in [4.78, 5) is 73.3. The Hall–Kier alpha value is -13.6. The molecular formula is C61H35B4F18N6O26PS2-8.